The fourth-order valence-corrected chi connectivity index (χ4v) is 4.04. The van der Waals surface area contributed by atoms with E-state index >= 15 is 0 Å². The smallest absolute Gasteiger partial charge is 0.414 e. The molecule has 0 N–H and O–H groups in total. The minimum Gasteiger partial charge on any atom is -0.460 e. The monoisotopic (exact) mass is 456 g/mol. The lowest BCUT2D eigenvalue weighted by molar-refractivity contribution is 0.0493. The summed E-state index contributed by atoms with van der Waals surface area (Å²) in [7, 11) is 1.82. The van der Waals surface area contributed by atoms with E-state index in [1.54, 1.807) is 30.9 Å². The highest BCUT2D eigenvalue weighted by atomic mass is 16.6. The van der Waals surface area contributed by atoms with Gasteiger partial charge in [0.05, 0.1) is 43.5 Å². The van der Waals surface area contributed by atoms with Crippen molar-refractivity contribution >= 4 is 28.8 Å². The zero-order chi connectivity index (χ0) is 23.5. The van der Waals surface area contributed by atoms with Crippen LogP contribution in [0.15, 0.2) is 29.1 Å². The van der Waals surface area contributed by atoms with Crippen LogP contribution in [-0.4, -0.2) is 58.8 Å². The summed E-state index contributed by atoms with van der Waals surface area (Å²) in [5.74, 6) is -0.760. The van der Waals surface area contributed by atoms with E-state index < -0.39 is 12.1 Å². The Bertz CT molecular complexity index is 1150. The molecule has 0 aliphatic carbocycles. The summed E-state index contributed by atoms with van der Waals surface area (Å²) in [6.45, 7) is 6.14. The number of rotatable bonds is 7. The number of fused-ring (bicyclic) bond motifs is 1. The number of amides is 1. The number of pyridine rings is 1. The summed E-state index contributed by atoms with van der Waals surface area (Å²) in [4.78, 5) is 31.9. The van der Waals surface area contributed by atoms with E-state index in [4.69, 9.17) is 18.6 Å². The maximum absolute atomic E-state index is 13.2. The van der Waals surface area contributed by atoms with E-state index in [1.807, 2.05) is 26.2 Å². The van der Waals surface area contributed by atoms with Crippen LogP contribution in [0.1, 0.15) is 44.2 Å². The van der Waals surface area contributed by atoms with E-state index in [2.05, 4.69) is 10.1 Å². The molecule has 0 saturated carbocycles. The van der Waals surface area contributed by atoms with Crippen molar-refractivity contribution in [3.05, 3.63) is 30.4 Å². The lowest BCUT2D eigenvalue weighted by Gasteiger charge is -2.27. The molecule has 176 valence electrons. The summed E-state index contributed by atoms with van der Waals surface area (Å²) < 4.78 is 24.0. The van der Waals surface area contributed by atoms with Gasteiger partial charge >= 0.3 is 12.1 Å². The van der Waals surface area contributed by atoms with Crippen molar-refractivity contribution in [2.24, 2.45) is 7.05 Å². The molecule has 1 aliphatic heterocycles. The van der Waals surface area contributed by atoms with E-state index in [1.165, 1.54) is 4.90 Å². The average molecular weight is 456 g/mol. The first-order chi connectivity index (χ1) is 16.0. The van der Waals surface area contributed by atoms with Gasteiger partial charge in [0.1, 0.15) is 5.69 Å². The molecular weight excluding hydrogens is 428 g/mol. The molecule has 3 aromatic rings. The minimum atomic E-state index is -0.673. The van der Waals surface area contributed by atoms with Gasteiger partial charge in [0.2, 0.25) is 11.5 Å². The van der Waals surface area contributed by atoms with Crippen molar-refractivity contribution in [3.8, 4) is 11.1 Å². The third-order valence-electron chi connectivity index (χ3n) is 5.60. The Hall–Kier alpha value is -3.40. The molecule has 0 spiro atoms. The van der Waals surface area contributed by atoms with Crippen molar-refractivity contribution < 1.29 is 28.2 Å². The molecule has 0 aromatic carbocycles. The predicted octanol–water partition coefficient (Wildman–Crippen LogP) is 3.94. The topological polar surface area (TPSA) is 109 Å². The highest BCUT2D eigenvalue weighted by molar-refractivity contribution is 6.09. The first-order valence-corrected chi connectivity index (χ1v) is 11.1. The molecule has 33 heavy (non-hydrogen) atoms. The molecule has 0 unspecified atom stereocenters. The van der Waals surface area contributed by atoms with Gasteiger partial charge in [-0.1, -0.05) is 6.92 Å². The molecule has 4 rings (SSSR count). The van der Waals surface area contributed by atoms with Crippen LogP contribution in [-0.2, 0) is 21.3 Å². The number of ether oxygens (including phenoxy) is 3. The lowest BCUT2D eigenvalue weighted by atomic mass is 10.1. The van der Waals surface area contributed by atoms with Gasteiger partial charge in [0, 0.05) is 30.6 Å². The highest BCUT2D eigenvalue weighted by Gasteiger charge is 2.39. The highest BCUT2D eigenvalue weighted by Crippen LogP contribution is 2.39. The minimum absolute atomic E-state index is 0.0141. The number of hydrogen-bond acceptors (Lipinski definition) is 8. The Morgan fingerprint density at radius 2 is 1.97 bits per heavy atom. The number of nitrogens with zero attached hydrogens (tertiary/aromatic N) is 4. The van der Waals surface area contributed by atoms with Gasteiger partial charge in [0.15, 0.2) is 0 Å². The van der Waals surface area contributed by atoms with Crippen molar-refractivity contribution in [1.82, 2.24) is 14.8 Å². The van der Waals surface area contributed by atoms with Crippen LogP contribution in [0.2, 0.25) is 0 Å². The molecule has 1 aliphatic rings. The number of furan rings is 1. The van der Waals surface area contributed by atoms with E-state index in [9.17, 15) is 9.59 Å². The molecule has 10 heteroatoms. The quantitative estimate of drug-likeness (QED) is 0.492. The van der Waals surface area contributed by atoms with E-state index in [-0.39, 0.29) is 42.5 Å². The van der Waals surface area contributed by atoms with Crippen LogP contribution in [0.5, 0.6) is 0 Å². The maximum Gasteiger partial charge on any atom is 0.414 e. The predicted molar refractivity (Wildman–Crippen MR) is 120 cm³/mol. The molecule has 10 nitrogen and oxygen atoms in total. The van der Waals surface area contributed by atoms with Crippen LogP contribution in [0, 0.1) is 0 Å². The zero-order valence-electron chi connectivity index (χ0n) is 19.2. The number of anilines is 1. The first kappa shape index (κ1) is 22.8. The standard InChI is InChI=1S/C23H28N4O6/c1-5-17-9-16(13-32-17)27(23(29)31-7-3)19-18-8-14(15-11-25-26(4)12-15)10-24-21(18)33-20(19)22(28)30-6-2/h8,10-12,16-17H,5-7,9,13H2,1-4H3/t16-,17+/m0/s1. The van der Waals surface area contributed by atoms with Gasteiger partial charge in [-0.05, 0) is 32.8 Å². The molecule has 1 fully saturated rings. The summed E-state index contributed by atoms with van der Waals surface area (Å²) >= 11 is 0. The van der Waals surface area contributed by atoms with Gasteiger partial charge in [-0.2, -0.15) is 5.10 Å². The Labute approximate surface area is 191 Å². The van der Waals surface area contributed by atoms with Gasteiger partial charge in [0.25, 0.3) is 0 Å². The lowest BCUT2D eigenvalue weighted by Crippen LogP contribution is -2.42. The molecule has 4 heterocycles. The molecule has 1 amide bonds. The fraction of sp³-hybridized carbons (Fsp3) is 0.478. The van der Waals surface area contributed by atoms with Crippen LogP contribution in [0.3, 0.4) is 0 Å². The van der Waals surface area contributed by atoms with Gasteiger partial charge < -0.3 is 18.6 Å². The van der Waals surface area contributed by atoms with E-state index in [0.717, 1.165) is 17.5 Å². The largest absolute Gasteiger partial charge is 0.460 e. The molecule has 1 saturated heterocycles. The van der Waals surface area contributed by atoms with Crippen molar-refractivity contribution in [2.75, 3.05) is 24.7 Å². The Morgan fingerprint density at radius 3 is 2.61 bits per heavy atom. The van der Waals surface area contributed by atoms with Gasteiger partial charge in [-0.3, -0.25) is 9.58 Å². The molecular formula is C23H28N4O6. The molecule has 0 radical (unpaired) electrons. The van der Waals surface area contributed by atoms with Gasteiger partial charge in [-0.25, -0.2) is 14.6 Å². The van der Waals surface area contributed by atoms with Crippen molar-refractivity contribution in [3.63, 3.8) is 0 Å². The van der Waals surface area contributed by atoms with E-state index in [0.29, 0.717) is 18.4 Å². The van der Waals surface area contributed by atoms with Crippen LogP contribution >= 0.6 is 0 Å². The van der Waals surface area contributed by atoms with Crippen molar-refractivity contribution in [1.29, 1.82) is 0 Å². The fourth-order valence-electron chi connectivity index (χ4n) is 4.04. The number of hydrogen-bond donors (Lipinski definition) is 0. The third-order valence-corrected chi connectivity index (χ3v) is 5.60. The summed E-state index contributed by atoms with van der Waals surface area (Å²) in [5, 5.41) is 4.72. The second kappa shape index (κ2) is 9.62. The van der Waals surface area contributed by atoms with Gasteiger partial charge in [-0.15, -0.1) is 0 Å². The summed E-state index contributed by atoms with van der Waals surface area (Å²) in [5.41, 5.74) is 2.12. The Kier molecular flexibility index (Phi) is 6.64. The number of aromatic nitrogens is 3. The van der Waals surface area contributed by atoms with Crippen LogP contribution < -0.4 is 4.90 Å². The molecule has 3 aromatic heterocycles. The summed E-state index contributed by atoms with van der Waals surface area (Å²) in [6.07, 6.45) is 6.07. The molecule has 2 atom stereocenters. The normalized spacial score (nSPS) is 17.9. The number of carbonyl (C=O) groups is 2. The Balaban J connectivity index is 1.90. The number of aryl methyl sites for hydroxylation is 1. The SMILES string of the molecule is CCOC(=O)c1oc2ncc(-c3cnn(C)c3)cc2c1N(C(=O)OCC)[C@@H]1CO[C@H](CC)C1. The van der Waals surface area contributed by atoms with Crippen LogP contribution in [0.4, 0.5) is 10.5 Å². The summed E-state index contributed by atoms with van der Waals surface area (Å²) in [6, 6.07) is 1.50. The number of esters is 1. The maximum atomic E-state index is 13.2. The first-order valence-electron chi connectivity index (χ1n) is 11.1. The number of carbonyl (C=O) groups excluding carboxylic acids is 2. The molecule has 0 bridgehead atoms. The van der Waals surface area contributed by atoms with Crippen molar-refractivity contribution in [2.45, 2.75) is 45.8 Å². The van der Waals surface area contributed by atoms with Crippen LogP contribution in [0.25, 0.3) is 22.2 Å². The average Bonchev–Trinajstić information content (AvgIpc) is 3.53. The second-order valence-electron chi connectivity index (χ2n) is 7.80. The second-order valence-corrected chi connectivity index (χ2v) is 7.80. The zero-order valence-corrected chi connectivity index (χ0v) is 19.2. The Morgan fingerprint density at radius 1 is 1.18 bits per heavy atom. The third kappa shape index (κ3) is 4.43.